The van der Waals surface area contributed by atoms with Crippen LogP contribution in [0.4, 0.5) is 19.1 Å². The minimum Gasteiger partial charge on any atom is -0.463 e. The maximum atomic E-state index is 12.9. The second-order valence-electron chi connectivity index (χ2n) is 4.61. The molecule has 0 aliphatic carbocycles. The van der Waals surface area contributed by atoms with E-state index in [0.29, 0.717) is 18.8 Å². The summed E-state index contributed by atoms with van der Waals surface area (Å²) in [5, 5.41) is 0. The van der Waals surface area contributed by atoms with Gasteiger partial charge in [0.05, 0.1) is 6.26 Å². The molecule has 0 bridgehead atoms. The molecule has 4 nitrogen and oxygen atoms in total. The van der Waals surface area contributed by atoms with Gasteiger partial charge in [0.1, 0.15) is 5.69 Å². The molecule has 106 valence electrons. The predicted octanol–water partition coefficient (Wildman–Crippen LogP) is 3.36. The molecule has 1 aliphatic rings. The SMILES string of the molecule is FC(F)(F)c1cc(-c2ccco2)nc(N2CCCC2)n1. The van der Waals surface area contributed by atoms with Crippen LogP contribution in [0.2, 0.25) is 0 Å². The molecule has 0 spiro atoms. The van der Waals surface area contributed by atoms with Crippen LogP contribution in [0.5, 0.6) is 0 Å². The zero-order chi connectivity index (χ0) is 14.2. The van der Waals surface area contributed by atoms with Gasteiger partial charge in [-0.1, -0.05) is 0 Å². The van der Waals surface area contributed by atoms with Gasteiger partial charge < -0.3 is 9.32 Å². The summed E-state index contributed by atoms with van der Waals surface area (Å²) in [6.07, 6.45) is -1.22. The fraction of sp³-hybridized carbons (Fsp3) is 0.385. The summed E-state index contributed by atoms with van der Waals surface area (Å²) in [7, 11) is 0. The van der Waals surface area contributed by atoms with Crippen molar-refractivity contribution in [2.45, 2.75) is 19.0 Å². The molecular formula is C13H12F3N3O. The standard InChI is InChI=1S/C13H12F3N3O/c14-13(15,16)11-8-9(10-4-3-7-20-10)17-12(18-11)19-5-1-2-6-19/h3-4,7-8H,1-2,5-6H2. The van der Waals surface area contributed by atoms with Gasteiger partial charge in [-0.2, -0.15) is 13.2 Å². The summed E-state index contributed by atoms with van der Waals surface area (Å²) in [5.74, 6) is 0.419. The minimum absolute atomic E-state index is 0.115. The fourth-order valence-corrected chi connectivity index (χ4v) is 2.19. The Labute approximate surface area is 113 Å². The topological polar surface area (TPSA) is 42.2 Å². The highest BCUT2D eigenvalue weighted by Gasteiger charge is 2.34. The third kappa shape index (κ3) is 2.48. The molecule has 0 amide bonds. The van der Waals surface area contributed by atoms with E-state index in [1.165, 1.54) is 6.26 Å². The number of alkyl halides is 3. The average Bonchev–Trinajstić information content (AvgIpc) is 3.10. The molecule has 0 atom stereocenters. The van der Waals surface area contributed by atoms with Crippen LogP contribution in [-0.4, -0.2) is 23.1 Å². The van der Waals surface area contributed by atoms with Gasteiger partial charge in [0, 0.05) is 13.1 Å². The van der Waals surface area contributed by atoms with Gasteiger partial charge in [0.2, 0.25) is 5.95 Å². The van der Waals surface area contributed by atoms with Crippen molar-refractivity contribution in [1.82, 2.24) is 9.97 Å². The highest BCUT2D eigenvalue weighted by molar-refractivity contribution is 5.55. The zero-order valence-electron chi connectivity index (χ0n) is 10.5. The van der Waals surface area contributed by atoms with Crippen molar-refractivity contribution in [2.24, 2.45) is 0 Å². The van der Waals surface area contributed by atoms with Crippen LogP contribution < -0.4 is 4.90 Å². The van der Waals surface area contributed by atoms with Crippen LogP contribution >= 0.6 is 0 Å². The molecule has 2 aromatic rings. The van der Waals surface area contributed by atoms with E-state index in [4.69, 9.17) is 4.42 Å². The molecule has 0 aromatic carbocycles. The molecule has 3 heterocycles. The third-order valence-electron chi connectivity index (χ3n) is 3.17. The first-order chi connectivity index (χ1) is 9.54. The highest BCUT2D eigenvalue weighted by atomic mass is 19.4. The zero-order valence-corrected chi connectivity index (χ0v) is 10.5. The first-order valence-corrected chi connectivity index (χ1v) is 6.29. The maximum Gasteiger partial charge on any atom is 0.433 e. The van der Waals surface area contributed by atoms with Crippen LogP contribution in [-0.2, 0) is 6.18 Å². The molecule has 1 aliphatic heterocycles. The Bertz CT molecular complexity index is 589. The molecule has 0 saturated carbocycles. The Balaban J connectivity index is 2.08. The van der Waals surface area contributed by atoms with E-state index in [2.05, 4.69) is 9.97 Å². The largest absolute Gasteiger partial charge is 0.463 e. The summed E-state index contributed by atoms with van der Waals surface area (Å²) in [5.41, 5.74) is -0.792. The van der Waals surface area contributed by atoms with Crippen molar-refractivity contribution in [2.75, 3.05) is 18.0 Å². The van der Waals surface area contributed by atoms with Crippen molar-refractivity contribution in [3.63, 3.8) is 0 Å². The van der Waals surface area contributed by atoms with Gasteiger partial charge in [-0.05, 0) is 31.0 Å². The van der Waals surface area contributed by atoms with E-state index in [0.717, 1.165) is 18.9 Å². The average molecular weight is 283 g/mol. The number of rotatable bonds is 2. The van der Waals surface area contributed by atoms with E-state index in [1.807, 2.05) is 0 Å². The first kappa shape index (κ1) is 13.0. The number of hydrogen-bond donors (Lipinski definition) is 0. The van der Waals surface area contributed by atoms with Crippen LogP contribution in [0.3, 0.4) is 0 Å². The Morgan fingerprint density at radius 2 is 1.90 bits per heavy atom. The third-order valence-corrected chi connectivity index (χ3v) is 3.17. The number of anilines is 1. The second kappa shape index (κ2) is 4.81. The normalized spacial score (nSPS) is 15.8. The second-order valence-corrected chi connectivity index (χ2v) is 4.61. The Hall–Kier alpha value is -2.05. The number of aromatic nitrogens is 2. The van der Waals surface area contributed by atoms with E-state index < -0.39 is 11.9 Å². The summed E-state index contributed by atoms with van der Waals surface area (Å²) < 4.78 is 43.9. The lowest BCUT2D eigenvalue weighted by Gasteiger charge is -2.17. The number of nitrogens with zero attached hydrogens (tertiary/aromatic N) is 3. The lowest BCUT2D eigenvalue weighted by molar-refractivity contribution is -0.141. The highest BCUT2D eigenvalue weighted by Crippen LogP contribution is 2.32. The van der Waals surface area contributed by atoms with Crippen LogP contribution in [0.25, 0.3) is 11.5 Å². The minimum atomic E-state index is -4.50. The van der Waals surface area contributed by atoms with Gasteiger partial charge in [0.15, 0.2) is 11.5 Å². The summed E-state index contributed by atoms with van der Waals surface area (Å²) in [4.78, 5) is 9.60. The van der Waals surface area contributed by atoms with Crippen molar-refractivity contribution >= 4 is 5.95 Å². The quantitative estimate of drug-likeness (QED) is 0.847. The first-order valence-electron chi connectivity index (χ1n) is 6.29. The van der Waals surface area contributed by atoms with Crippen molar-refractivity contribution < 1.29 is 17.6 Å². The molecule has 20 heavy (non-hydrogen) atoms. The van der Waals surface area contributed by atoms with Gasteiger partial charge >= 0.3 is 6.18 Å². The van der Waals surface area contributed by atoms with Gasteiger partial charge in [0.25, 0.3) is 0 Å². The van der Waals surface area contributed by atoms with Crippen molar-refractivity contribution in [3.8, 4) is 11.5 Å². The van der Waals surface area contributed by atoms with Crippen molar-refractivity contribution in [3.05, 3.63) is 30.2 Å². The maximum absolute atomic E-state index is 12.9. The summed E-state index contributed by atoms with van der Waals surface area (Å²) >= 11 is 0. The van der Waals surface area contributed by atoms with E-state index in [-0.39, 0.29) is 11.6 Å². The number of furan rings is 1. The fourth-order valence-electron chi connectivity index (χ4n) is 2.19. The van der Waals surface area contributed by atoms with Gasteiger partial charge in [-0.15, -0.1) is 0 Å². The van der Waals surface area contributed by atoms with Crippen LogP contribution in [0, 0.1) is 0 Å². The van der Waals surface area contributed by atoms with Gasteiger partial charge in [-0.25, -0.2) is 9.97 Å². The summed E-state index contributed by atoms with van der Waals surface area (Å²) in [6, 6.07) is 4.11. The van der Waals surface area contributed by atoms with Crippen LogP contribution in [0.1, 0.15) is 18.5 Å². The Kier molecular flexibility index (Phi) is 3.11. The van der Waals surface area contributed by atoms with E-state index in [1.54, 1.807) is 17.0 Å². The molecule has 1 saturated heterocycles. The lowest BCUT2D eigenvalue weighted by atomic mass is 10.2. The molecule has 1 fully saturated rings. The van der Waals surface area contributed by atoms with Crippen LogP contribution in [0.15, 0.2) is 28.9 Å². The smallest absolute Gasteiger partial charge is 0.433 e. The molecule has 0 radical (unpaired) electrons. The number of hydrogen-bond acceptors (Lipinski definition) is 4. The van der Waals surface area contributed by atoms with Crippen molar-refractivity contribution in [1.29, 1.82) is 0 Å². The number of halogens is 3. The van der Waals surface area contributed by atoms with Gasteiger partial charge in [-0.3, -0.25) is 0 Å². The lowest BCUT2D eigenvalue weighted by Crippen LogP contribution is -2.22. The molecule has 3 rings (SSSR count). The molecular weight excluding hydrogens is 271 g/mol. The predicted molar refractivity (Wildman–Crippen MR) is 66.2 cm³/mol. The Morgan fingerprint density at radius 3 is 2.50 bits per heavy atom. The Morgan fingerprint density at radius 1 is 1.15 bits per heavy atom. The summed E-state index contributed by atoms with van der Waals surface area (Å²) in [6.45, 7) is 1.36. The molecule has 0 unspecified atom stereocenters. The van der Waals surface area contributed by atoms with E-state index >= 15 is 0 Å². The molecule has 2 aromatic heterocycles. The molecule has 0 N–H and O–H groups in total. The monoisotopic (exact) mass is 283 g/mol. The van der Waals surface area contributed by atoms with E-state index in [9.17, 15) is 13.2 Å². The molecule has 7 heteroatoms.